The van der Waals surface area contributed by atoms with Gasteiger partial charge in [-0.3, -0.25) is 4.79 Å². The van der Waals surface area contributed by atoms with Gasteiger partial charge in [-0.15, -0.1) is 0 Å². The van der Waals surface area contributed by atoms with Crippen LogP contribution in [0.1, 0.15) is 24.2 Å². The first-order chi connectivity index (χ1) is 14.4. The molecule has 1 aliphatic rings. The van der Waals surface area contributed by atoms with Crippen LogP contribution in [0.2, 0.25) is 0 Å². The first-order valence-corrected chi connectivity index (χ1v) is 9.65. The van der Waals surface area contributed by atoms with Crippen LogP contribution in [0.25, 0.3) is 11.3 Å². The lowest BCUT2D eigenvalue weighted by molar-refractivity contribution is -0.137. The maximum atomic E-state index is 12.7. The van der Waals surface area contributed by atoms with E-state index >= 15 is 0 Å². The normalized spacial score (nSPS) is 13.6. The second-order valence-corrected chi connectivity index (χ2v) is 7.13. The lowest BCUT2D eigenvalue weighted by atomic mass is 10.1. The molecular formula is C22H20F3N3O2. The summed E-state index contributed by atoms with van der Waals surface area (Å²) in [5.41, 5.74) is 1.60. The molecule has 0 radical (unpaired) electrons. The zero-order valence-electron chi connectivity index (χ0n) is 16.1. The number of nitrogens with one attached hydrogen (secondary N) is 1. The number of hydrogen-bond acceptors (Lipinski definition) is 3. The summed E-state index contributed by atoms with van der Waals surface area (Å²) in [7, 11) is 0. The summed E-state index contributed by atoms with van der Waals surface area (Å²) in [6, 6.07) is 11.7. The van der Waals surface area contributed by atoms with Crippen LogP contribution < -0.4 is 10.1 Å². The molecular weight excluding hydrogens is 395 g/mol. The van der Waals surface area contributed by atoms with E-state index in [0.29, 0.717) is 5.69 Å². The molecule has 1 aromatic heterocycles. The quantitative estimate of drug-likeness (QED) is 0.643. The van der Waals surface area contributed by atoms with Crippen molar-refractivity contribution in [3.8, 4) is 17.0 Å². The van der Waals surface area contributed by atoms with E-state index in [-0.39, 0.29) is 5.75 Å². The molecule has 0 unspecified atom stereocenters. The average molecular weight is 415 g/mol. The molecule has 1 aliphatic heterocycles. The predicted molar refractivity (Wildman–Crippen MR) is 106 cm³/mol. The molecule has 2 aromatic carbocycles. The van der Waals surface area contributed by atoms with Crippen molar-refractivity contribution in [2.75, 3.05) is 11.9 Å². The number of amides is 1. The van der Waals surface area contributed by atoms with Crippen molar-refractivity contribution in [3.63, 3.8) is 0 Å². The summed E-state index contributed by atoms with van der Waals surface area (Å²) in [6.07, 6.45) is 0.892. The molecule has 30 heavy (non-hydrogen) atoms. The van der Waals surface area contributed by atoms with Crippen molar-refractivity contribution < 1.29 is 22.7 Å². The Bertz CT molecular complexity index is 1020. The highest BCUT2D eigenvalue weighted by Gasteiger charge is 2.30. The lowest BCUT2D eigenvalue weighted by Crippen LogP contribution is -2.20. The second kappa shape index (κ2) is 8.22. The van der Waals surface area contributed by atoms with Gasteiger partial charge in [-0.25, -0.2) is 4.98 Å². The summed E-state index contributed by atoms with van der Waals surface area (Å²) >= 11 is 0. The van der Waals surface area contributed by atoms with Crippen LogP contribution >= 0.6 is 0 Å². The zero-order valence-corrected chi connectivity index (χ0v) is 16.1. The molecule has 3 aromatic rings. The van der Waals surface area contributed by atoms with Gasteiger partial charge in [0.15, 0.2) is 6.61 Å². The monoisotopic (exact) mass is 415 g/mol. The molecule has 156 valence electrons. The number of alkyl halides is 3. The first-order valence-electron chi connectivity index (χ1n) is 9.65. The number of ether oxygens (including phenoxy) is 1. The van der Waals surface area contributed by atoms with Gasteiger partial charge in [0.25, 0.3) is 5.91 Å². The number of imidazole rings is 1. The van der Waals surface area contributed by atoms with Crippen molar-refractivity contribution in [2.45, 2.75) is 32.0 Å². The van der Waals surface area contributed by atoms with Crippen LogP contribution in [-0.4, -0.2) is 22.1 Å². The number of carbonyl (C=O) groups is 1. The number of benzene rings is 2. The summed E-state index contributed by atoms with van der Waals surface area (Å²) in [4.78, 5) is 16.8. The zero-order chi connectivity index (χ0) is 21.1. The first kappa shape index (κ1) is 20.0. The fourth-order valence-electron chi connectivity index (χ4n) is 3.38. The fourth-order valence-corrected chi connectivity index (χ4v) is 3.38. The lowest BCUT2D eigenvalue weighted by Gasteiger charge is -2.11. The molecule has 2 heterocycles. The number of halogens is 3. The van der Waals surface area contributed by atoms with Crippen LogP contribution in [0.3, 0.4) is 0 Å². The number of rotatable bonds is 5. The van der Waals surface area contributed by atoms with E-state index < -0.39 is 24.3 Å². The van der Waals surface area contributed by atoms with Crippen LogP contribution in [0.5, 0.6) is 5.75 Å². The summed E-state index contributed by atoms with van der Waals surface area (Å²) < 4.78 is 45.6. The standard InChI is InChI=1S/C22H20F3N3O2/c23-22(24,25)16-4-3-5-18(12-16)30-14-21(29)26-17-9-7-15(8-10-17)19-13-28-11-2-1-6-20(28)27-19/h3-5,7-10,12-13H,1-2,6,11,14H2,(H,26,29). The maximum Gasteiger partial charge on any atom is 0.416 e. The van der Waals surface area contributed by atoms with E-state index in [1.165, 1.54) is 12.1 Å². The fraction of sp³-hybridized carbons (Fsp3) is 0.273. The number of fused-ring (bicyclic) bond motifs is 1. The van der Waals surface area contributed by atoms with Gasteiger partial charge in [0.1, 0.15) is 11.6 Å². The molecule has 0 saturated carbocycles. The van der Waals surface area contributed by atoms with Crippen LogP contribution in [-0.2, 0) is 23.9 Å². The Morgan fingerprint density at radius 1 is 1.13 bits per heavy atom. The van der Waals surface area contributed by atoms with Gasteiger partial charge >= 0.3 is 6.18 Å². The van der Waals surface area contributed by atoms with Crippen molar-refractivity contribution >= 4 is 11.6 Å². The van der Waals surface area contributed by atoms with Gasteiger partial charge in [-0.2, -0.15) is 13.2 Å². The Balaban J connectivity index is 1.34. The molecule has 1 amide bonds. The summed E-state index contributed by atoms with van der Waals surface area (Å²) in [5.74, 6) is 0.622. The Morgan fingerprint density at radius 3 is 2.67 bits per heavy atom. The Labute approximate surface area is 171 Å². The van der Waals surface area contributed by atoms with Crippen molar-refractivity contribution in [1.29, 1.82) is 0 Å². The van der Waals surface area contributed by atoms with Gasteiger partial charge < -0.3 is 14.6 Å². The Hall–Kier alpha value is -3.29. The van der Waals surface area contributed by atoms with Crippen molar-refractivity contribution in [1.82, 2.24) is 9.55 Å². The third-order valence-electron chi connectivity index (χ3n) is 4.90. The minimum absolute atomic E-state index is 0.0147. The van der Waals surface area contributed by atoms with Crippen molar-refractivity contribution in [3.05, 3.63) is 66.1 Å². The highest BCUT2D eigenvalue weighted by Crippen LogP contribution is 2.31. The Kier molecular flexibility index (Phi) is 5.48. The third-order valence-corrected chi connectivity index (χ3v) is 4.90. The average Bonchev–Trinajstić information content (AvgIpc) is 3.17. The van der Waals surface area contributed by atoms with Gasteiger partial charge in [0.2, 0.25) is 0 Å². The molecule has 0 fully saturated rings. The predicted octanol–water partition coefficient (Wildman–Crippen LogP) is 4.92. The van der Waals surface area contributed by atoms with Crippen LogP contribution in [0.4, 0.5) is 18.9 Å². The van der Waals surface area contributed by atoms with Crippen LogP contribution in [0, 0.1) is 0 Å². The highest BCUT2D eigenvalue weighted by atomic mass is 19.4. The molecule has 1 N–H and O–H groups in total. The SMILES string of the molecule is O=C(COc1cccc(C(F)(F)F)c1)Nc1ccc(-c2cn3c(n2)CCCC3)cc1. The van der Waals surface area contributed by atoms with Gasteiger partial charge in [0.05, 0.1) is 11.3 Å². The van der Waals surface area contributed by atoms with E-state index in [9.17, 15) is 18.0 Å². The largest absolute Gasteiger partial charge is 0.484 e. The van der Waals surface area contributed by atoms with E-state index in [0.717, 1.165) is 55.0 Å². The molecule has 0 atom stereocenters. The maximum absolute atomic E-state index is 12.7. The number of carbonyl (C=O) groups excluding carboxylic acids is 1. The minimum atomic E-state index is -4.46. The van der Waals surface area contributed by atoms with E-state index in [4.69, 9.17) is 4.74 Å². The second-order valence-electron chi connectivity index (χ2n) is 7.13. The molecule has 0 aliphatic carbocycles. The molecule has 4 rings (SSSR count). The third kappa shape index (κ3) is 4.64. The summed E-state index contributed by atoms with van der Waals surface area (Å²) in [5, 5.41) is 2.67. The van der Waals surface area contributed by atoms with E-state index in [2.05, 4.69) is 14.9 Å². The van der Waals surface area contributed by atoms with Crippen molar-refractivity contribution in [2.24, 2.45) is 0 Å². The smallest absolute Gasteiger partial charge is 0.416 e. The minimum Gasteiger partial charge on any atom is -0.484 e. The topological polar surface area (TPSA) is 56.1 Å². The number of aromatic nitrogens is 2. The highest BCUT2D eigenvalue weighted by molar-refractivity contribution is 5.92. The number of hydrogen-bond donors (Lipinski definition) is 1. The Morgan fingerprint density at radius 2 is 1.93 bits per heavy atom. The number of aryl methyl sites for hydroxylation is 2. The molecule has 8 heteroatoms. The molecule has 0 saturated heterocycles. The van der Waals surface area contributed by atoms with E-state index in [1.54, 1.807) is 12.1 Å². The number of anilines is 1. The van der Waals surface area contributed by atoms with Gasteiger partial charge in [0, 0.05) is 30.4 Å². The number of nitrogens with zero attached hydrogens (tertiary/aromatic N) is 2. The van der Waals surface area contributed by atoms with Gasteiger partial charge in [-0.05, 0) is 43.2 Å². The summed E-state index contributed by atoms with van der Waals surface area (Å²) in [6.45, 7) is 0.596. The molecule has 0 spiro atoms. The molecule has 0 bridgehead atoms. The van der Waals surface area contributed by atoms with Crippen LogP contribution in [0.15, 0.2) is 54.7 Å². The molecule has 5 nitrogen and oxygen atoms in total. The van der Waals surface area contributed by atoms with E-state index in [1.807, 2.05) is 18.3 Å². The van der Waals surface area contributed by atoms with Gasteiger partial charge in [-0.1, -0.05) is 18.2 Å².